The fourth-order valence-corrected chi connectivity index (χ4v) is 4.27. The fourth-order valence-electron chi connectivity index (χ4n) is 3.32. The lowest BCUT2D eigenvalue weighted by Crippen LogP contribution is -2.05. The number of hydrogen-bond acceptors (Lipinski definition) is 6. The monoisotopic (exact) mass is 382 g/mol. The van der Waals surface area contributed by atoms with Crippen molar-refractivity contribution >= 4 is 17.5 Å². The topological polar surface area (TPSA) is 65.2 Å². The third kappa shape index (κ3) is 3.90. The molecule has 140 valence electrons. The minimum atomic E-state index is 0.0903. The van der Waals surface area contributed by atoms with Gasteiger partial charge in [-0.1, -0.05) is 30.0 Å². The Bertz CT molecular complexity index is 995. The minimum absolute atomic E-state index is 0.0903. The number of hydrogen-bond donors (Lipinski definition) is 0. The van der Waals surface area contributed by atoms with Gasteiger partial charge in [-0.15, -0.1) is 10.2 Å². The lowest BCUT2D eigenvalue weighted by atomic mass is 9.92. The molecule has 1 heterocycles. The standard InChI is InChI=1S/C21H22N2O3S/c1-12-10-13(2)19(15(4)24)14(3)17(12)11-27-21-23-22-20(26-21)16-8-6-7-9-18(16)25-5/h6-10H,11H2,1-5H3. The van der Waals surface area contributed by atoms with Crippen LogP contribution in [0.2, 0.25) is 0 Å². The Morgan fingerprint density at radius 2 is 1.89 bits per heavy atom. The molecule has 0 spiro atoms. The zero-order valence-corrected chi connectivity index (χ0v) is 16.9. The van der Waals surface area contributed by atoms with Crippen molar-refractivity contribution in [1.29, 1.82) is 0 Å². The summed E-state index contributed by atoms with van der Waals surface area (Å²) >= 11 is 1.46. The van der Waals surface area contributed by atoms with Crippen LogP contribution >= 0.6 is 11.8 Å². The second-order valence-corrected chi connectivity index (χ2v) is 7.33. The van der Waals surface area contributed by atoms with E-state index in [2.05, 4.69) is 23.2 Å². The first kappa shape index (κ1) is 19.2. The molecular formula is C21H22N2O3S. The number of rotatable bonds is 6. The van der Waals surface area contributed by atoms with Gasteiger partial charge in [0.2, 0.25) is 0 Å². The molecule has 5 nitrogen and oxygen atoms in total. The zero-order chi connectivity index (χ0) is 19.6. The van der Waals surface area contributed by atoms with Gasteiger partial charge in [0.1, 0.15) is 5.75 Å². The number of para-hydroxylation sites is 1. The number of Topliss-reactive ketones (excluding diaryl/α,β-unsaturated/α-hetero) is 1. The zero-order valence-electron chi connectivity index (χ0n) is 16.1. The third-order valence-electron chi connectivity index (χ3n) is 4.57. The maximum Gasteiger partial charge on any atom is 0.277 e. The average Bonchev–Trinajstić information content (AvgIpc) is 3.09. The first-order valence-electron chi connectivity index (χ1n) is 8.62. The Morgan fingerprint density at radius 3 is 2.59 bits per heavy atom. The largest absolute Gasteiger partial charge is 0.496 e. The van der Waals surface area contributed by atoms with Crippen molar-refractivity contribution in [3.63, 3.8) is 0 Å². The fraction of sp³-hybridized carbons (Fsp3) is 0.286. The van der Waals surface area contributed by atoms with E-state index in [1.54, 1.807) is 14.0 Å². The Hall–Kier alpha value is -2.60. The van der Waals surface area contributed by atoms with E-state index < -0.39 is 0 Å². The van der Waals surface area contributed by atoms with Crippen molar-refractivity contribution in [3.05, 3.63) is 58.1 Å². The normalized spacial score (nSPS) is 10.9. The highest BCUT2D eigenvalue weighted by atomic mass is 32.2. The van der Waals surface area contributed by atoms with Crippen molar-refractivity contribution in [2.75, 3.05) is 7.11 Å². The number of methoxy groups -OCH3 is 1. The van der Waals surface area contributed by atoms with Crippen LogP contribution in [0.4, 0.5) is 0 Å². The van der Waals surface area contributed by atoms with Crippen molar-refractivity contribution in [1.82, 2.24) is 10.2 Å². The van der Waals surface area contributed by atoms with E-state index >= 15 is 0 Å². The Balaban J connectivity index is 1.84. The molecule has 0 radical (unpaired) electrons. The minimum Gasteiger partial charge on any atom is -0.496 e. The van der Waals surface area contributed by atoms with Crippen molar-refractivity contribution in [3.8, 4) is 17.2 Å². The first-order chi connectivity index (χ1) is 12.9. The Kier molecular flexibility index (Phi) is 5.65. The van der Waals surface area contributed by atoms with Gasteiger partial charge in [-0.25, -0.2) is 0 Å². The molecule has 6 heteroatoms. The summed E-state index contributed by atoms with van der Waals surface area (Å²) in [5, 5.41) is 8.77. The summed E-state index contributed by atoms with van der Waals surface area (Å²) in [7, 11) is 1.61. The molecular weight excluding hydrogens is 360 g/mol. The number of benzene rings is 2. The van der Waals surface area contributed by atoms with Crippen molar-refractivity contribution in [2.45, 2.75) is 38.7 Å². The SMILES string of the molecule is COc1ccccc1-c1nnc(SCc2c(C)cc(C)c(C(C)=O)c2C)o1. The lowest BCUT2D eigenvalue weighted by molar-refractivity contribution is 0.101. The first-order valence-corrected chi connectivity index (χ1v) is 9.61. The molecule has 0 saturated heterocycles. The molecule has 0 aliphatic heterocycles. The number of ketones is 1. The third-order valence-corrected chi connectivity index (χ3v) is 5.41. The van der Waals surface area contributed by atoms with E-state index in [0.29, 0.717) is 22.6 Å². The predicted octanol–water partition coefficient (Wildman–Crippen LogP) is 5.17. The maximum atomic E-state index is 12.0. The molecule has 0 amide bonds. The molecule has 0 saturated carbocycles. The smallest absolute Gasteiger partial charge is 0.277 e. The second kappa shape index (κ2) is 7.96. The van der Waals surface area contributed by atoms with Crippen LogP contribution in [-0.2, 0) is 5.75 Å². The van der Waals surface area contributed by atoms with E-state index in [1.807, 2.05) is 38.1 Å². The maximum absolute atomic E-state index is 12.0. The molecule has 0 atom stereocenters. The molecule has 0 fully saturated rings. The Labute approximate surface area is 163 Å². The van der Waals surface area contributed by atoms with Crippen LogP contribution in [0.3, 0.4) is 0 Å². The highest BCUT2D eigenvalue weighted by Crippen LogP contribution is 2.33. The Morgan fingerprint density at radius 1 is 1.15 bits per heavy atom. The van der Waals surface area contributed by atoms with Gasteiger partial charge >= 0.3 is 0 Å². The molecule has 0 unspecified atom stereocenters. The van der Waals surface area contributed by atoms with Gasteiger partial charge in [0.25, 0.3) is 11.1 Å². The van der Waals surface area contributed by atoms with Crippen LogP contribution in [0.25, 0.3) is 11.5 Å². The van der Waals surface area contributed by atoms with Crippen LogP contribution in [0.5, 0.6) is 5.75 Å². The summed E-state index contributed by atoms with van der Waals surface area (Å²) in [5.41, 5.74) is 5.90. The predicted molar refractivity (Wildman–Crippen MR) is 107 cm³/mol. The summed E-state index contributed by atoms with van der Waals surface area (Å²) < 4.78 is 11.2. The number of carbonyl (C=O) groups is 1. The van der Waals surface area contributed by atoms with Gasteiger partial charge in [-0.05, 0) is 62.1 Å². The van der Waals surface area contributed by atoms with Gasteiger partial charge in [-0.3, -0.25) is 4.79 Å². The van der Waals surface area contributed by atoms with E-state index in [-0.39, 0.29) is 5.78 Å². The van der Waals surface area contributed by atoms with Gasteiger partial charge in [0, 0.05) is 11.3 Å². The summed E-state index contributed by atoms with van der Waals surface area (Å²) in [4.78, 5) is 12.0. The van der Waals surface area contributed by atoms with Crippen LogP contribution in [0, 0.1) is 20.8 Å². The van der Waals surface area contributed by atoms with E-state index in [9.17, 15) is 4.79 Å². The number of nitrogens with zero attached hydrogens (tertiary/aromatic N) is 2. The van der Waals surface area contributed by atoms with Crippen LogP contribution < -0.4 is 4.74 Å². The summed E-state index contributed by atoms with van der Waals surface area (Å²) in [5.74, 6) is 1.87. The molecule has 3 aromatic rings. The molecule has 27 heavy (non-hydrogen) atoms. The summed E-state index contributed by atoms with van der Waals surface area (Å²) in [6.07, 6.45) is 0. The highest BCUT2D eigenvalue weighted by Gasteiger charge is 2.17. The van der Waals surface area contributed by atoms with Crippen molar-refractivity contribution in [2.24, 2.45) is 0 Å². The summed E-state index contributed by atoms with van der Waals surface area (Å²) in [6.45, 7) is 7.65. The number of aryl methyl sites for hydroxylation is 2. The number of ether oxygens (including phenoxy) is 1. The van der Waals surface area contributed by atoms with Gasteiger partial charge in [0.05, 0.1) is 12.7 Å². The van der Waals surface area contributed by atoms with Crippen LogP contribution in [0.15, 0.2) is 40.0 Å². The molecule has 2 aromatic carbocycles. The van der Waals surface area contributed by atoms with Crippen LogP contribution in [-0.4, -0.2) is 23.1 Å². The second-order valence-electron chi connectivity index (χ2n) is 6.41. The molecule has 0 N–H and O–H groups in total. The quantitative estimate of drug-likeness (QED) is 0.433. The van der Waals surface area contributed by atoms with Crippen LogP contribution in [0.1, 0.15) is 39.5 Å². The average molecular weight is 382 g/mol. The number of carbonyl (C=O) groups excluding carboxylic acids is 1. The molecule has 3 rings (SSSR count). The van der Waals surface area contributed by atoms with E-state index in [4.69, 9.17) is 9.15 Å². The number of aromatic nitrogens is 2. The van der Waals surface area contributed by atoms with E-state index in [0.717, 1.165) is 33.4 Å². The summed E-state index contributed by atoms with van der Waals surface area (Å²) in [6, 6.07) is 9.59. The lowest BCUT2D eigenvalue weighted by Gasteiger charge is -2.15. The van der Waals surface area contributed by atoms with Gasteiger partial charge < -0.3 is 9.15 Å². The van der Waals surface area contributed by atoms with Gasteiger partial charge in [0.15, 0.2) is 5.78 Å². The highest BCUT2D eigenvalue weighted by molar-refractivity contribution is 7.98. The molecule has 0 aliphatic rings. The van der Waals surface area contributed by atoms with Gasteiger partial charge in [-0.2, -0.15) is 0 Å². The molecule has 0 bridgehead atoms. The molecule has 0 aliphatic carbocycles. The van der Waals surface area contributed by atoms with Crippen molar-refractivity contribution < 1.29 is 13.9 Å². The van der Waals surface area contributed by atoms with E-state index in [1.165, 1.54) is 11.8 Å². The number of thioether (sulfide) groups is 1. The molecule has 1 aromatic heterocycles.